The minimum atomic E-state index is -0.0717. The van der Waals surface area contributed by atoms with E-state index in [9.17, 15) is 9.59 Å². The fourth-order valence-corrected chi connectivity index (χ4v) is 6.04. The Morgan fingerprint density at radius 1 is 1.23 bits per heavy atom. The van der Waals surface area contributed by atoms with Gasteiger partial charge in [0, 0.05) is 10.9 Å². The second-order valence-electron chi connectivity index (χ2n) is 7.99. The molecule has 0 saturated heterocycles. The average molecular weight is 458 g/mol. The number of nitrogens with one attached hydrogen (secondary N) is 1. The van der Waals surface area contributed by atoms with Crippen molar-refractivity contribution in [2.75, 3.05) is 12.9 Å². The van der Waals surface area contributed by atoms with E-state index in [1.54, 1.807) is 23.0 Å². The Balaban J connectivity index is 1.83. The lowest BCUT2D eigenvalue weighted by Crippen LogP contribution is -2.32. The molecule has 0 aliphatic heterocycles. The van der Waals surface area contributed by atoms with Gasteiger partial charge in [0.15, 0.2) is 5.16 Å². The molecule has 2 heterocycles. The normalized spacial score (nSPS) is 13.8. The third-order valence-electron chi connectivity index (χ3n) is 5.32. The van der Waals surface area contributed by atoms with Gasteiger partial charge in [-0.3, -0.25) is 14.2 Å². The van der Waals surface area contributed by atoms with Crippen molar-refractivity contribution < 1.29 is 9.53 Å². The van der Waals surface area contributed by atoms with Crippen LogP contribution in [0.15, 0.2) is 34.2 Å². The maximum absolute atomic E-state index is 13.8. The van der Waals surface area contributed by atoms with Gasteiger partial charge in [-0.1, -0.05) is 18.2 Å². The van der Waals surface area contributed by atoms with E-state index in [0.717, 1.165) is 47.3 Å². The maximum atomic E-state index is 13.8. The number of ether oxygens (including phenoxy) is 1. The van der Waals surface area contributed by atoms with E-state index in [0.29, 0.717) is 5.16 Å². The van der Waals surface area contributed by atoms with E-state index in [-0.39, 0.29) is 23.3 Å². The largest absolute Gasteiger partial charge is 0.497 e. The fraction of sp³-hybridized carbons (Fsp3) is 0.435. The number of hydrogen-bond donors (Lipinski definition) is 1. The van der Waals surface area contributed by atoms with Gasteiger partial charge in [-0.15, -0.1) is 11.3 Å². The van der Waals surface area contributed by atoms with Gasteiger partial charge >= 0.3 is 0 Å². The number of aryl methyl sites for hydroxylation is 2. The molecule has 0 fully saturated rings. The van der Waals surface area contributed by atoms with Crippen molar-refractivity contribution in [3.63, 3.8) is 0 Å². The molecule has 164 valence electrons. The lowest BCUT2D eigenvalue weighted by atomic mass is 10.1. The first-order chi connectivity index (χ1) is 15.0. The van der Waals surface area contributed by atoms with Crippen molar-refractivity contribution in [1.29, 1.82) is 0 Å². The predicted octanol–water partition coefficient (Wildman–Crippen LogP) is 4.34. The molecule has 0 saturated carbocycles. The summed E-state index contributed by atoms with van der Waals surface area (Å²) in [5.41, 5.74) is 1.84. The molecule has 4 rings (SSSR count). The molecule has 2 aromatic heterocycles. The molecular weight excluding hydrogens is 430 g/mol. The van der Waals surface area contributed by atoms with Crippen LogP contribution in [0.25, 0.3) is 15.9 Å². The SMILES string of the molecule is COc1ccc(-n2c(SCC(=O)NC(C)C)nc3sc4c(c3c2=O)CCCCC4)cc1. The van der Waals surface area contributed by atoms with Crippen LogP contribution in [0.3, 0.4) is 0 Å². The Kier molecular flexibility index (Phi) is 6.67. The third-order valence-corrected chi connectivity index (χ3v) is 7.45. The van der Waals surface area contributed by atoms with Crippen LogP contribution in [0, 0.1) is 0 Å². The number of carbonyl (C=O) groups is 1. The molecule has 8 heteroatoms. The molecule has 1 aromatic carbocycles. The standard InChI is InChI=1S/C23H27N3O3S2/c1-14(2)24-19(27)13-30-23-25-21-20(17-7-5-4-6-8-18(17)31-21)22(28)26(23)15-9-11-16(29-3)12-10-15/h9-12,14H,4-8,13H2,1-3H3,(H,24,27). The molecule has 0 bridgehead atoms. The number of nitrogens with zero attached hydrogens (tertiary/aromatic N) is 2. The molecule has 3 aromatic rings. The fourth-order valence-electron chi connectivity index (χ4n) is 3.91. The zero-order valence-electron chi connectivity index (χ0n) is 18.1. The molecule has 31 heavy (non-hydrogen) atoms. The van der Waals surface area contributed by atoms with Gasteiger partial charge in [0.1, 0.15) is 10.6 Å². The topological polar surface area (TPSA) is 73.2 Å². The Morgan fingerprint density at radius 2 is 1.97 bits per heavy atom. The Labute approximate surface area is 190 Å². The highest BCUT2D eigenvalue weighted by atomic mass is 32.2. The highest BCUT2D eigenvalue weighted by Gasteiger charge is 2.22. The van der Waals surface area contributed by atoms with Gasteiger partial charge in [-0.05, 0) is 69.4 Å². The molecule has 0 atom stereocenters. The number of hydrogen-bond acceptors (Lipinski definition) is 6. The average Bonchev–Trinajstić information content (AvgIpc) is 2.93. The van der Waals surface area contributed by atoms with Gasteiger partial charge < -0.3 is 10.1 Å². The second-order valence-corrected chi connectivity index (χ2v) is 10.0. The Hall–Kier alpha value is -2.32. The van der Waals surface area contributed by atoms with Crippen molar-refractivity contribution in [2.24, 2.45) is 0 Å². The Bertz CT molecular complexity index is 1150. The van der Waals surface area contributed by atoms with Crippen LogP contribution < -0.4 is 15.6 Å². The first-order valence-electron chi connectivity index (χ1n) is 10.6. The van der Waals surface area contributed by atoms with Crippen molar-refractivity contribution >= 4 is 39.2 Å². The molecule has 1 N–H and O–H groups in total. The van der Waals surface area contributed by atoms with Gasteiger partial charge in [0.2, 0.25) is 5.91 Å². The number of methoxy groups -OCH3 is 1. The van der Waals surface area contributed by atoms with Crippen LogP contribution in [-0.2, 0) is 17.6 Å². The number of fused-ring (bicyclic) bond motifs is 3. The van der Waals surface area contributed by atoms with Crippen molar-refractivity contribution in [2.45, 2.75) is 57.1 Å². The summed E-state index contributed by atoms with van der Waals surface area (Å²) in [4.78, 5) is 32.9. The molecule has 0 spiro atoms. The lowest BCUT2D eigenvalue weighted by Gasteiger charge is -2.13. The number of rotatable bonds is 6. The van der Waals surface area contributed by atoms with Crippen molar-refractivity contribution in [3.8, 4) is 11.4 Å². The number of amides is 1. The van der Waals surface area contributed by atoms with E-state index >= 15 is 0 Å². The number of thioether (sulfide) groups is 1. The summed E-state index contributed by atoms with van der Waals surface area (Å²) in [7, 11) is 1.62. The summed E-state index contributed by atoms with van der Waals surface area (Å²) in [6.07, 6.45) is 5.40. The zero-order chi connectivity index (χ0) is 22.0. The predicted molar refractivity (Wildman–Crippen MR) is 127 cm³/mol. The number of thiophene rings is 1. The highest BCUT2D eigenvalue weighted by molar-refractivity contribution is 7.99. The minimum absolute atomic E-state index is 0.0543. The highest BCUT2D eigenvalue weighted by Crippen LogP contribution is 2.34. The van der Waals surface area contributed by atoms with Crippen LogP contribution in [0.5, 0.6) is 5.75 Å². The summed E-state index contributed by atoms with van der Waals surface area (Å²) < 4.78 is 6.91. The smallest absolute Gasteiger partial charge is 0.267 e. The van der Waals surface area contributed by atoms with E-state index in [1.165, 1.54) is 28.6 Å². The van der Waals surface area contributed by atoms with Crippen LogP contribution in [0.1, 0.15) is 43.6 Å². The molecule has 1 aliphatic carbocycles. The molecular formula is C23H27N3O3S2. The van der Waals surface area contributed by atoms with E-state index < -0.39 is 0 Å². The monoisotopic (exact) mass is 457 g/mol. The van der Waals surface area contributed by atoms with Crippen LogP contribution in [0.4, 0.5) is 0 Å². The Morgan fingerprint density at radius 3 is 2.68 bits per heavy atom. The summed E-state index contributed by atoms with van der Waals surface area (Å²) >= 11 is 2.93. The van der Waals surface area contributed by atoms with Crippen molar-refractivity contribution in [3.05, 3.63) is 45.1 Å². The molecule has 1 amide bonds. The van der Waals surface area contributed by atoms with Crippen LogP contribution in [0.2, 0.25) is 0 Å². The third kappa shape index (κ3) is 4.65. The van der Waals surface area contributed by atoms with Gasteiger partial charge in [-0.25, -0.2) is 4.98 Å². The molecule has 0 unspecified atom stereocenters. The van der Waals surface area contributed by atoms with E-state index in [4.69, 9.17) is 9.72 Å². The quantitative estimate of drug-likeness (QED) is 0.339. The zero-order valence-corrected chi connectivity index (χ0v) is 19.7. The van der Waals surface area contributed by atoms with Gasteiger partial charge in [0.25, 0.3) is 5.56 Å². The van der Waals surface area contributed by atoms with Gasteiger partial charge in [-0.2, -0.15) is 0 Å². The first kappa shape index (κ1) is 21.9. The van der Waals surface area contributed by atoms with Crippen molar-refractivity contribution in [1.82, 2.24) is 14.9 Å². The summed E-state index contributed by atoms with van der Waals surface area (Å²) in [5.74, 6) is 0.857. The number of aromatic nitrogens is 2. The summed E-state index contributed by atoms with van der Waals surface area (Å²) in [6, 6.07) is 7.45. The summed E-state index contributed by atoms with van der Waals surface area (Å²) in [6.45, 7) is 3.86. The first-order valence-corrected chi connectivity index (χ1v) is 12.4. The van der Waals surface area contributed by atoms with Crippen LogP contribution in [-0.4, -0.2) is 34.4 Å². The second kappa shape index (κ2) is 9.44. The minimum Gasteiger partial charge on any atom is -0.497 e. The van der Waals surface area contributed by atoms with E-state index in [2.05, 4.69) is 5.32 Å². The number of carbonyl (C=O) groups excluding carboxylic acids is 1. The summed E-state index contributed by atoms with van der Waals surface area (Å²) in [5, 5.41) is 4.18. The van der Waals surface area contributed by atoms with Crippen LogP contribution >= 0.6 is 23.1 Å². The molecule has 6 nitrogen and oxygen atoms in total. The molecule has 0 radical (unpaired) electrons. The number of benzene rings is 1. The van der Waals surface area contributed by atoms with Gasteiger partial charge in [0.05, 0.1) is 23.9 Å². The van der Waals surface area contributed by atoms with E-state index in [1.807, 2.05) is 38.1 Å². The maximum Gasteiger partial charge on any atom is 0.267 e. The molecule has 1 aliphatic rings. The lowest BCUT2D eigenvalue weighted by molar-refractivity contribution is -0.119.